The number of rotatable bonds is 1. The summed E-state index contributed by atoms with van der Waals surface area (Å²) in [7, 11) is 0. The Morgan fingerprint density at radius 3 is 2.85 bits per heavy atom. The first kappa shape index (κ1) is 13.2. The molecular weight excluding hydrogens is 323 g/mol. The highest BCUT2D eigenvalue weighted by Crippen LogP contribution is 2.39. The van der Waals surface area contributed by atoms with Gasteiger partial charge in [-0.2, -0.15) is 0 Å². The molecule has 2 aromatic carbocycles. The molecule has 0 unspecified atom stereocenters. The number of para-hydroxylation sites is 2. The van der Waals surface area contributed by atoms with E-state index in [0.29, 0.717) is 22.5 Å². The molecule has 3 nitrogen and oxygen atoms in total. The van der Waals surface area contributed by atoms with E-state index in [0.717, 1.165) is 24.4 Å². The lowest BCUT2D eigenvalue weighted by Gasteiger charge is -2.25. The SMILES string of the molecule is Nc1cc(Br)c(F)cc1N1CCCOc2ccccc21. The summed E-state index contributed by atoms with van der Waals surface area (Å²) in [4.78, 5) is 2.01. The van der Waals surface area contributed by atoms with Gasteiger partial charge in [-0.15, -0.1) is 0 Å². The highest BCUT2D eigenvalue weighted by molar-refractivity contribution is 9.10. The number of ether oxygens (including phenoxy) is 1. The van der Waals surface area contributed by atoms with Crippen molar-refractivity contribution in [1.82, 2.24) is 0 Å². The predicted molar refractivity (Wildman–Crippen MR) is 82.1 cm³/mol. The largest absolute Gasteiger partial charge is 0.491 e. The number of nitrogen functional groups attached to an aromatic ring is 1. The van der Waals surface area contributed by atoms with Crippen molar-refractivity contribution < 1.29 is 9.13 Å². The third-order valence-corrected chi connectivity index (χ3v) is 3.91. The molecule has 0 spiro atoms. The highest BCUT2D eigenvalue weighted by Gasteiger charge is 2.20. The molecule has 0 amide bonds. The van der Waals surface area contributed by atoms with Crippen molar-refractivity contribution in [1.29, 1.82) is 0 Å². The zero-order valence-electron chi connectivity index (χ0n) is 10.8. The van der Waals surface area contributed by atoms with Gasteiger partial charge in [0.15, 0.2) is 0 Å². The lowest BCUT2D eigenvalue weighted by atomic mass is 10.2. The first-order valence-corrected chi connectivity index (χ1v) is 7.20. The van der Waals surface area contributed by atoms with E-state index in [2.05, 4.69) is 15.9 Å². The lowest BCUT2D eigenvalue weighted by Crippen LogP contribution is -2.19. The number of benzene rings is 2. The standard InChI is InChI=1S/C15H14BrFN2O/c16-10-8-12(18)14(9-11(10)17)19-6-3-7-20-15-5-2-1-4-13(15)19/h1-2,4-5,8-9H,3,6-7,18H2. The minimum Gasteiger partial charge on any atom is -0.491 e. The van der Waals surface area contributed by atoms with Crippen LogP contribution in [0.2, 0.25) is 0 Å². The van der Waals surface area contributed by atoms with Crippen molar-refractivity contribution in [2.24, 2.45) is 0 Å². The molecular formula is C15H14BrFN2O. The number of fused-ring (bicyclic) bond motifs is 1. The molecule has 20 heavy (non-hydrogen) atoms. The van der Waals surface area contributed by atoms with Crippen molar-refractivity contribution in [2.45, 2.75) is 6.42 Å². The Kier molecular flexibility index (Phi) is 3.53. The van der Waals surface area contributed by atoms with Crippen molar-refractivity contribution in [3.05, 3.63) is 46.7 Å². The Hall–Kier alpha value is -1.75. The van der Waals surface area contributed by atoms with Crippen LogP contribution in [0.3, 0.4) is 0 Å². The van der Waals surface area contributed by atoms with Gasteiger partial charge < -0.3 is 15.4 Å². The molecule has 0 aliphatic carbocycles. The van der Waals surface area contributed by atoms with Crippen molar-refractivity contribution in [3.8, 4) is 5.75 Å². The summed E-state index contributed by atoms with van der Waals surface area (Å²) < 4.78 is 19.9. The molecule has 1 heterocycles. The number of hydrogen-bond acceptors (Lipinski definition) is 3. The minimum atomic E-state index is -0.322. The molecule has 0 bridgehead atoms. The lowest BCUT2D eigenvalue weighted by molar-refractivity contribution is 0.322. The van der Waals surface area contributed by atoms with E-state index < -0.39 is 0 Å². The topological polar surface area (TPSA) is 38.5 Å². The fourth-order valence-corrected chi connectivity index (χ4v) is 2.72. The maximum atomic E-state index is 13.8. The fraction of sp³-hybridized carbons (Fsp3) is 0.200. The van der Waals surface area contributed by atoms with Gasteiger partial charge in [0.25, 0.3) is 0 Å². The second kappa shape index (κ2) is 5.32. The zero-order chi connectivity index (χ0) is 14.1. The quantitative estimate of drug-likeness (QED) is 0.797. The molecule has 2 N–H and O–H groups in total. The van der Waals surface area contributed by atoms with Gasteiger partial charge in [0.05, 0.1) is 28.1 Å². The van der Waals surface area contributed by atoms with Crippen LogP contribution in [0.4, 0.5) is 21.5 Å². The van der Waals surface area contributed by atoms with Gasteiger partial charge in [-0.3, -0.25) is 0 Å². The molecule has 1 aliphatic rings. The second-order valence-electron chi connectivity index (χ2n) is 4.65. The van der Waals surface area contributed by atoms with Gasteiger partial charge >= 0.3 is 0 Å². The van der Waals surface area contributed by atoms with E-state index in [4.69, 9.17) is 10.5 Å². The normalized spacial score (nSPS) is 14.4. The molecule has 0 saturated heterocycles. The third-order valence-electron chi connectivity index (χ3n) is 3.30. The van der Waals surface area contributed by atoms with E-state index in [1.807, 2.05) is 29.2 Å². The average molecular weight is 337 g/mol. The van der Waals surface area contributed by atoms with Crippen molar-refractivity contribution >= 4 is 33.0 Å². The maximum Gasteiger partial charge on any atom is 0.142 e. The first-order valence-electron chi connectivity index (χ1n) is 6.40. The van der Waals surface area contributed by atoms with Crippen LogP contribution >= 0.6 is 15.9 Å². The average Bonchev–Trinajstić information content (AvgIpc) is 2.65. The summed E-state index contributed by atoms with van der Waals surface area (Å²) in [6.45, 7) is 1.38. The van der Waals surface area contributed by atoms with Crippen LogP contribution in [0.5, 0.6) is 5.75 Å². The summed E-state index contributed by atoms with van der Waals surface area (Å²) in [5.74, 6) is 0.476. The Morgan fingerprint density at radius 2 is 2.00 bits per heavy atom. The minimum absolute atomic E-state index is 0.322. The van der Waals surface area contributed by atoms with Crippen LogP contribution in [0, 0.1) is 5.82 Å². The summed E-state index contributed by atoms with van der Waals surface area (Å²) in [6, 6.07) is 10.8. The monoisotopic (exact) mass is 336 g/mol. The van der Waals surface area contributed by atoms with E-state index in [1.165, 1.54) is 6.07 Å². The van der Waals surface area contributed by atoms with E-state index in [9.17, 15) is 4.39 Å². The third kappa shape index (κ3) is 2.33. The fourth-order valence-electron chi connectivity index (χ4n) is 2.36. The van der Waals surface area contributed by atoms with Gasteiger partial charge in [0.2, 0.25) is 0 Å². The maximum absolute atomic E-state index is 13.8. The van der Waals surface area contributed by atoms with Gasteiger partial charge in [-0.1, -0.05) is 12.1 Å². The molecule has 0 aromatic heterocycles. The molecule has 0 radical (unpaired) electrons. The Morgan fingerprint density at radius 1 is 1.20 bits per heavy atom. The number of nitrogens with zero attached hydrogens (tertiary/aromatic N) is 1. The number of hydrogen-bond donors (Lipinski definition) is 1. The number of anilines is 3. The van der Waals surface area contributed by atoms with Gasteiger partial charge in [0, 0.05) is 12.6 Å². The Bertz CT molecular complexity index is 648. The van der Waals surface area contributed by atoms with Crippen LogP contribution in [-0.2, 0) is 0 Å². The van der Waals surface area contributed by atoms with Gasteiger partial charge in [0.1, 0.15) is 11.6 Å². The van der Waals surface area contributed by atoms with Crippen molar-refractivity contribution in [2.75, 3.05) is 23.8 Å². The molecule has 0 fully saturated rings. The van der Waals surface area contributed by atoms with Crippen LogP contribution in [0.15, 0.2) is 40.9 Å². The van der Waals surface area contributed by atoms with Gasteiger partial charge in [-0.25, -0.2) is 4.39 Å². The van der Waals surface area contributed by atoms with E-state index in [-0.39, 0.29) is 5.82 Å². The molecule has 0 saturated carbocycles. The van der Waals surface area contributed by atoms with Crippen LogP contribution < -0.4 is 15.4 Å². The molecule has 5 heteroatoms. The van der Waals surface area contributed by atoms with Crippen LogP contribution in [0.25, 0.3) is 0 Å². The van der Waals surface area contributed by atoms with E-state index >= 15 is 0 Å². The molecule has 1 aliphatic heterocycles. The molecule has 3 rings (SSSR count). The Balaban J connectivity index is 2.12. The Labute approximate surface area is 125 Å². The van der Waals surface area contributed by atoms with Crippen LogP contribution in [-0.4, -0.2) is 13.2 Å². The second-order valence-corrected chi connectivity index (χ2v) is 5.50. The molecule has 2 aromatic rings. The summed E-state index contributed by atoms with van der Waals surface area (Å²) in [6.07, 6.45) is 0.853. The van der Waals surface area contributed by atoms with Gasteiger partial charge in [-0.05, 0) is 40.5 Å². The first-order chi connectivity index (χ1) is 9.66. The summed E-state index contributed by atoms with van der Waals surface area (Å²) in [5.41, 5.74) is 8.17. The molecule has 104 valence electrons. The predicted octanol–water partition coefficient (Wildman–Crippen LogP) is 4.09. The summed E-state index contributed by atoms with van der Waals surface area (Å²) >= 11 is 3.15. The zero-order valence-corrected chi connectivity index (χ0v) is 12.4. The summed E-state index contributed by atoms with van der Waals surface area (Å²) in [5, 5.41) is 0. The van der Waals surface area contributed by atoms with Crippen molar-refractivity contribution in [3.63, 3.8) is 0 Å². The number of nitrogens with two attached hydrogens (primary N) is 1. The van der Waals surface area contributed by atoms with E-state index in [1.54, 1.807) is 6.07 Å². The number of halogens is 2. The smallest absolute Gasteiger partial charge is 0.142 e. The molecule has 0 atom stereocenters. The van der Waals surface area contributed by atoms with Crippen LogP contribution in [0.1, 0.15) is 6.42 Å². The highest BCUT2D eigenvalue weighted by atomic mass is 79.9.